The Kier molecular flexibility index (Phi) is 4.52. The van der Waals surface area contributed by atoms with E-state index < -0.39 is 17.2 Å². The molecule has 27 heavy (non-hydrogen) atoms. The summed E-state index contributed by atoms with van der Waals surface area (Å²) in [6.07, 6.45) is 3.09. The monoisotopic (exact) mass is 368 g/mol. The smallest absolute Gasteiger partial charge is 0.332 e. The minimum absolute atomic E-state index is 0.0455. The molecule has 9 heteroatoms. The number of aryl methyl sites for hydroxylation is 1. The molecule has 9 nitrogen and oxygen atoms in total. The van der Waals surface area contributed by atoms with E-state index in [-0.39, 0.29) is 28.3 Å². The van der Waals surface area contributed by atoms with Gasteiger partial charge in [0.15, 0.2) is 5.65 Å². The van der Waals surface area contributed by atoms with Gasteiger partial charge in [-0.25, -0.2) is 9.78 Å². The lowest BCUT2D eigenvalue weighted by molar-refractivity contribution is 0.102. The predicted octanol–water partition coefficient (Wildman–Crippen LogP) is 0.985. The van der Waals surface area contributed by atoms with E-state index in [9.17, 15) is 14.4 Å². The standard InChI is InChI=1S/C18H20N6O3/c1-9(2)11-12(16(25)21-10-6-5-7-20-8-10)14(19)22-15-13(11)17(26)24(4)18(27)23(15)3/h5-9H,1-4H3,(H2,19,22)(H,21,25). The number of nitrogens with two attached hydrogens (primary N) is 1. The van der Waals surface area contributed by atoms with Crippen LogP contribution in [0.5, 0.6) is 0 Å². The molecule has 0 unspecified atom stereocenters. The van der Waals surface area contributed by atoms with Crippen LogP contribution >= 0.6 is 0 Å². The second-order valence-corrected chi connectivity index (χ2v) is 6.54. The van der Waals surface area contributed by atoms with E-state index in [4.69, 9.17) is 5.73 Å². The van der Waals surface area contributed by atoms with Gasteiger partial charge >= 0.3 is 5.69 Å². The number of hydrogen-bond acceptors (Lipinski definition) is 6. The van der Waals surface area contributed by atoms with Crippen molar-refractivity contribution in [1.29, 1.82) is 0 Å². The molecule has 0 bridgehead atoms. The lowest BCUT2D eigenvalue weighted by Gasteiger charge is -2.18. The van der Waals surface area contributed by atoms with Crippen molar-refractivity contribution in [3.63, 3.8) is 0 Å². The molecule has 0 aliphatic heterocycles. The summed E-state index contributed by atoms with van der Waals surface area (Å²) in [5.74, 6) is -0.747. The van der Waals surface area contributed by atoms with Gasteiger partial charge in [-0.1, -0.05) is 13.8 Å². The number of nitrogens with zero attached hydrogens (tertiary/aromatic N) is 4. The normalized spacial score (nSPS) is 11.1. The highest BCUT2D eigenvalue weighted by molar-refractivity contribution is 6.10. The van der Waals surface area contributed by atoms with E-state index in [0.29, 0.717) is 11.3 Å². The first-order chi connectivity index (χ1) is 12.7. The zero-order chi connectivity index (χ0) is 19.9. The van der Waals surface area contributed by atoms with Gasteiger partial charge in [-0.2, -0.15) is 0 Å². The van der Waals surface area contributed by atoms with Crippen LogP contribution in [0.25, 0.3) is 11.0 Å². The van der Waals surface area contributed by atoms with Crippen molar-refractivity contribution in [3.8, 4) is 0 Å². The van der Waals surface area contributed by atoms with Crippen LogP contribution in [0.15, 0.2) is 34.1 Å². The molecule has 3 rings (SSSR count). The van der Waals surface area contributed by atoms with Gasteiger partial charge in [-0.3, -0.25) is 23.7 Å². The maximum Gasteiger partial charge on any atom is 0.332 e. The number of nitrogen functional groups attached to an aromatic ring is 1. The minimum Gasteiger partial charge on any atom is -0.383 e. The van der Waals surface area contributed by atoms with Crippen LogP contribution in [0.2, 0.25) is 0 Å². The number of nitrogens with one attached hydrogen (secondary N) is 1. The molecule has 0 radical (unpaired) electrons. The maximum absolute atomic E-state index is 12.9. The van der Waals surface area contributed by atoms with Gasteiger partial charge in [0.05, 0.1) is 22.8 Å². The molecule has 0 saturated carbocycles. The number of aromatic nitrogens is 4. The first-order valence-electron chi connectivity index (χ1n) is 8.34. The molecule has 0 spiro atoms. The van der Waals surface area contributed by atoms with Crippen molar-refractivity contribution in [3.05, 3.63) is 56.5 Å². The van der Waals surface area contributed by atoms with E-state index >= 15 is 0 Å². The van der Waals surface area contributed by atoms with Crippen LogP contribution in [0.1, 0.15) is 35.7 Å². The molecule has 0 aliphatic rings. The van der Waals surface area contributed by atoms with Gasteiger partial charge < -0.3 is 11.1 Å². The average molecular weight is 368 g/mol. The van der Waals surface area contributed by atoms with Crippen molar-refractivity contribution < 1.29 is 4.79 Å². The summed E-state index contributed by atoms with van der Waals surface area (Å²) >= 11 is 0. The van der Waals surface area contributed by atoms with E-state index in [1.54, 1.807) is 18.3 Å². The van der Waals surface area contributed by atoms with Crippen LogP contribution in [0, 0.1) is 0 Å². The highest BCUT2D eigenvalue weighted by Gasteiger charge is 2.25. The van der Waals surface area contributed by atoms with E-state index in [2.05, 4.69) is 15.3 Å². The molecule has 3 aromatic heterocycles. The molecule has 3 N–H and O–H groups in total. The quantitative estimate of drug-likeness (QED) is 0.710. The first-order valence-corrected chi connectivity index (χ1v) is 8.34. The molecule has 0 aromatic carbocycles. The fraction of sp³-hybridized carbons (Fsp3) is 0.278. The van der Waals surface area contributed by atoms with E-state index in [1.807, 2.05) is 13.8 Å². The molecule has 0 aliphatic carbocycles. The number of carbonyl (C=O) groups is 1. The molecule has 0 atom stereocenters. The van der Waals surface area contributed by atoms with Gasteiger partial charge in [0.25, 0.3) is 11.5 Å². The Bertz CT molecular complexity index is 1160. The third-order valence-corrected chi connectivity index (χ3v) is 4.38. The third kappa shape index (κ3) is 2.97. The molecule has 3 aromatic rings. The lowest BCUT2D eigenvalue weighted by Crippen LogP contribution is -2.38. The number of amides is 1. The fourth-order valence-corrected chi connectivity index (χ4v) is 3.08. The zero-order valence-corrected chi connectivity index (χ0v) is 15.5. The van der Waals surface area contributed by atoms with E-state index in [1.165, 1.54) is 24.9 Å². The average Bonchev–Trinajstić information content (AvgIpc) is 2.64. The molecule has 3 heterocycles. The molecule has 1 amide bonds. The summed E-state index contributed by atoms with van der Waals surface area (Å²) in [7, 11) is 2.90. The topological polar surface area (TPSA) is 125 Å². The summed E-state index contributed by atoms with van der Waals surface area (Å²) in [5.41, 5.74) is 6.27. The number of pyridine rings is 2. The lowest BCUT2D eigenvalue weighted by atomic mass is 9.94. The van der Waals surface area contributed by atoms with Crippen molar-refractivity contribution in [2.45, 2.75) is 19.8 Å². The second kappa shape index (κ2) is 6.67. The summed E-state index contributed by atoms with van der Waals surface area (Å²) in [6.45, 7) is 3.69. The Morgan fingerprint density at radius 3 is 2.52 bits per heavy atom. The SMILES string of the molecule is CC(C)c1c(C(=O)Nc2cccnc2)c(N)nc2c1c(=O)n(C)c(=O)n2C. The highest BCUT2D eigenvalue weighted by atomic mass is 16.2. The van der Waals surface area contributed by atoms with Crippen molar-refractivity contribution in [2.75, 3.05) is 11.1 Å². The minimum atomic E-state index is -0.514. The fourth-order valence-electron chi connectivity index (χ4n) is 3.08. The van der Waals surface area contributed by atoms with E-state index in [0.717, 1.165) is 4.57 Å². The number of carbonyl (C=O) groups excluding carboxylic acids is 1. The van der Waals surface area contributed by atoms with Crippen LogP contribution < -0.4 is 22.3 Å². The number of fused-ring (bicyclic) bond motifs is 1. The number of rotatable bonds is 3. The summed E-state index contributed by atoms with van der Waals surface area (Å²) in [6, 6.07) is 3.37. The highest BCUT2D eigenvalue weighted by Crippen LogP contribution is 2.29. The van der Waals surface area contributed by atoms with Gasteiger partial charge in [-0.05, 0) is 23.6 Å². The Morgan fingerprint density at radius 1 is 1.22 bits per heavy atom. The Balaban J connectivity index is 2.35. The van der Waals surface area contributed by atoms with Gasteiger partial charge in [0.1, 0.15) is 5.82 Å². The maximum atomic E-state index is 12.9. The van der Waals surface area contributed by atoms with Gasteiger partial charge in [0.2, 0.25) is 0 Å². The Labute approximate surface area is 154 Å². The van der Waals surface area contributed by atoms with Crippen LogP contribution in [-0.2, 0) is 14.1 Å². The number of anilines is 2. The Hall–Kier alpha value is -3.49. The largest absolute Gasteiger partial charge is 0.383 e. The molecular weight excluding hydrogens is 348 g/mol. The molecule has 140 valence electrons. The predicted molar refractivity (Wildman–Crippen MR) is 103 cm³/mol. The van der Waals surface area contributed by atoms with Crippen LogP contribution in [-0.4, -0.2) is 25.0 Å². The number of hydrogen-bond donors (Lipinski definition) is 2. The zero-order valence-electron chi connectivity index (χ0n) is 15.5. The second-order valence-electron chi connectivity index (χ2n) is 6.54. The molecule has 0 saturated heterocycles. The van der Waals surface area contributed by atoms with Crippen molar-refractivity contribution in [2.24, 2.45) is 14.1 Å². The van der Waals surface area contributed by atoms with Gasteiger partial charge in [-0.15, -0.1) is 0 Å². The summed E-state index contributed by atoms with van der Waals surface area (Å²) in [4.78, 5) is 46.1. The van der Waals surface area contributed by atoms with Crippen LogP contribution in [0.3, 0.4) is 0 Å². The van der Waals surface area contributed by atoms with Crippen LogP contribution in [0.4, 0.5) is 11.5 Å². The van der Waals surface area contributed by atoms with Crippen molar-refractivity contribution >= 4 is 28.4 Å². The summed E-state index contributed by atoms with van der Waals surface area (Å²) in [5, 5.41) is 2.93. The molecule has 0 fully saturated rings. The first kappa shape index (κ1) is 18.3. The summed E-state index contributed by atoms with van der Waals surface area (Å²) < 4.78 is 2.25. The van der Waals surface area contributed by atoms with Crippen molar-refractivity contribution in [1.82, 2.24) is 19.1 Å². The van der Waals surface area contributed by atoms with Gasteiger partial charge in [0, 0.05) is 20.3 Å². The third-order valence-electron chi connectivity index (χ3n) is 4.38. The Morgan fingerprint density at radius 2 is 1.93 bits per heavy atom. The molecular formula is C18H20N6O3.